The van der Waals surface area contributed by atoms with Gasteiger partial charge in [-0.25, -0.2) is 9.97 Å². The molecule has 7 nitrogen and oxygen atoms in total. The fraction of sp³-hybridized carbons (Fsp3) is 0.333. The average molecular weight is 252 g/mol. The fourth-order valence-corrected chi connectivity index (χ4v) is 1.84. The Morgan fingerprint density at radius 3 is 3.06 bits per heavy atom. The first-order valence-corrected chi connectivity index (χ1v) is 5.82. The predicted molar refractivity (Wildman–Crippen MR) is 63.1 cm³/mol. The van der Waals surface area contributed by atoms with Gasteiger partial charge in [-0.2, -0.15) is 5.10 Å². The highest BCUT2D eigenvalue weighted by Gasteiger charge is 2.07. The van der Waals surface area contributed by atoms with Crippen molar-refractivity contribution in [1.82, 2.24) is 25.1 Å². The third kappa shape index (κ3) is 3.25. The van der Waals surface area contributed by atoms with E-state index < -0.39 is 0 Å². The Labute approximate surface area is 102 Å². The summed E-state index contributed by atoms with van der Waals surface area (Å²) in [6.07, 6.45) is 1.81. The topological polar surface area (TPSA) is 98.7 Å². The van der Waals surface area contributed by atoms with Gasteiger partial charge in [0.1, 0.15) is 6.33 Å². The van der Waals surface area contributed by atoms with Crippen molar-refractivity contribution in [2.75, 3.05) is 5.73 Å². The van der Waals surface area contributed by atoms with Crippen molar-refractivity contribution in [2.45, 2.75) is 13.0 Å². The van der Waals surface area contributed by atoms with E-state index in [1.165, 1.54) is 11.3 Å². The largest absolute Gasteiger partial charge is 0.375 e. The summed E-state index contributed by atoms with van der Waals surface area (Å²) in [5.74, 6) is 0.460. The Kier molecular flexibility index (Phi) is 3.33. The number of rotatable bonds is 4. The smallest absolute Gasteiger partial charge is 0.226 e. The van der Waals surface area contributed by atoms with Crippen LogP contribution in [0.5, 0.6) is 0 Å². The molecule has 2 rings (SSSR count). The summed E-state index contributed by atoms with van der Waals surface area (Å²) >= 11 is 1.32. The van der Waals surface area contributed by atoms with Gasteiger partial charge in [0.05, 0.1) is 18.7 Å². The molecule has 0 fully saturated rings. The van der Waals surface area contributed by atoms with Crippen LogP contribution in [-0.2, 0) is 24.8 Å². The van der Waals surface area contributed by atoms with Crippen molar-refractivity contribution in [1.29, 1.82) is 0 Å². The maximum Gasteiger partial charge on any atom is 0.226 e. The highest BCUT2D eigenvalue weighted by Crippen LogP contribution is 2.11. The number of nitrogens with two attached hydrogens (primary N) is 1. The average Bonchev–Trinajstić information content (AvgIpc) is 2.85. The Morgan fingerprint density at radius 2 is 2.47 bits per heavy atom. The lowest BCUT2D eigenvalue weighted by molar-refractivity contribution is -0.120. The zero-order valence-electron chi connectivity index (χ0n) is 9.25. The number of aryl methyl sites for hydroxylation is 1. The van der Waals surface area contributed by atoms with Crippen molar-refractivity contribution in [3.63, 3.8) is 0 Å². The molecule has 0 unspecified atom stereocenters. The summed E-state index contributed by atoms with van der Waals surface area (Å²) in [7, 11) is 1.77. The van der Waals surface area contributed by atoms with Gasteiger partial charge in [-0.3, -0.25) is 9.48 Å². The quantitative estimate of drug-likeness (QED) is 0.779. The van der Waals surface area contributed by atoms with E-state index in [2.05, 4.69) is 20.4 Å². The van der Waals surface area contributed by atoms with E-state index in [-0.39, 0.29) is 12.3 Å². The zero-order valence-corrected chi connectivity index (χ0v) is 10.1. The third-order valence-corrected chi connectivity index (χ3v) is 2.72. The van der Waals surface area contributed by atoms with Crippen LogP contribution in [0.15, 0.2) is 11.7 Å². The molecule has 90 valence electrons. The fourth-order valence-electron chi connectivity index (χ4n) is 1.27. The number of aromatic nitrogens is 4. The van der Waals surface area contributed by atoms with Crippen LogP contribution in [0.3, 0.4) is 0 Å². The van der Waals surface area contributed by atoms with Gasteiger partial charge in [-0.15, -0.1) is 11.3 Å². The van der Waals surface area contributed by atoms with Gasteiger partial charge in [-0.05, 0) is 0 Å². The van der Waals surface area contributed by atoms with Crippen molar-refractivity contribution < 1.29 is 4.79 Å². The number of thiazole rings is 1. The molecule has 0 aromatic carbocycles. The van der Waals surface area contributed by atoms with E-state index in [4.69, 9.17) is 5.73 Å². The molecule has 0 saturated heterocycles. The maximum atomic E-state index is 11.6. The monoisotopic (exact) mass is 252 g/mol. The first-order chi connectivity index (χ1) is 8.13. The van der Waals surface area contributed by atoms with Crippen LogP contribution in [0.1, 0.15) is 11.5 Å². The van der Waals surface area contributed by atoms with E-state index in [0.717, 1.165) is 0 Å². The zero-order chi connectivity index (χ0) is 12.3. The summed E-state index contributed by atoms with van der Waals surface area (Å²) in [5, 5.41) is 9.01. The molecule has 0 bridgehead atoms. The molecule has 8 heteroatoms. The second kappa shape index (κ2) is 4.91. The lowest BCUT2D eigenvalue weighted by Crippen LogP contribution is -2.25. The highest BCUT2D eigenvalue weighted by molar-refractivity contribution is 7.13. The van der Waals surface area contributed by atoms with E-state index in [0.29, 0.717) is 23.2 Å². The molecule has 0 aliphatic rings. The van der Waals surface area contributed by atoms with Crippen molar-refractivity contribution in [2.24, 2.45) is 7.05 Å². The minimum Gasteiger partial charge on any atom is -0.375 e. The second-order valence-electron chi connectivity index (χ2n) is 3.47. The molecule has 1 amide bonds. The molecule has 2 heterocycles. The Hall–Kier alpha value is -1.96. The van der Waals surface area contributed by atoms with Gasteiger partial charge in [-0.1, -0.05) is 0 Å². The number of nitrogens with one attached hydrogen (secondary N) is 1. The Bertz CT molecular complexity index is 519. The van der Waals surface area contributed by atoms with E-state index >= 15 is 0 Å². The van der Waals surface area contributed by atoms with E-state index in [1.807, 2.05) is 0 Å². The number of nitrogen functional groups attached to an aromatic ring is 1. The van der Waals surface area contributed by atoms with Crippen LogP contribution in [0.25, 0.3) is 0 Å². The molecular formula is C9H12N6OS. The molecule has 2 aromatic rings. The maximum absolute atomic E-state index is 11.6. The van der Waals surface area contributed by atoms with Crippen molar-refractivity contribution in [3.05, 3.63) is 23.2 Å². The molecule has 0 spiro atoms. The number of carbonyl (C=O) groups excluding carboxylic acids is 1. The number of amides is 1. The second-order valence-corrected chi connectivity index (χ2v) is 4.35. The van der Waals surface area contributed by atoms with Gasteiger partial charge in [0.2, 0.25) is 5.91 Å². The van der Waals surface area contributed by atoms with Gasteiger partial charge in [0.15, 0.2) is 11.0 Å². The van der Waals surface area contributed by atoms with Crippen LogP contribution >= 0.6 is 11.3 Å². The standard InChI is InChI=1S/C9H12N6OS/c1-15-5-12-7(14-15)3-11-8(16)2-6-4-17-9(10)13-6/h4-5H,2-3H2,1H3,(H2,10,13)(H,11,16). The predicted octanol–water partition coefficient (Wildman–Crippen LogP) is -0.287. The van der Waals surface area contributed by atoms with E-state index in [9.17, 15) is 4.79 Å². The molecule has 0 atom stereocenters. The Morgan fingerprint density at radius 1 is 1.65 bits per heavy atom. The van der Waals surface area contributed by atoms with Gasteiger partial charge < -0.3 is 11.1 Å². The molecule has 17 heavy (non-hydrogen) atoms. The SMILES string of the molecule is Cn1cnc(CNC(=O)Cc2csc(N)n2)n1. The summed E-state index contributed by atoms with van der Waals surface area (Å²) < 4.78 is 1.59. The van der Waals surface area contributed by atoms with Crippen LogP contribution < -0.4 is 11.1 Å². The summed E-state index contributed by atoms with van der Waals surface area (Å²) in [4.78, 5) is 19.6. The normalized spacial score (nSPS) is 10.4. The summed E-state index contributed by atoms with van der Waals surface area (Å²) in [5.41, 5.74) is 6.15. The van der Waals surface area contributed by atoms with Crippen molar-refractivity contribution >= 4 is 22.4 Å². The lowest BCUT2D eigenvalue weighted by Gasteiger charge is -2.00. The first kappa shape index (κ1) is 11.5. The van der Waals surface area contributed by atoms with Gasteiger partial charge in [0, 0.05) is 12.4 Å². The molecular weight excluding hydrogens is 240 g/mol. The number of nitrogens with zero attached hydrogens (tertiary/aromatic N) is 4. The molecule has 2 aromatic heterocycles. The number of hydrogen-bond acceptors (Lipinski definition) is 6. The van der Waals surface area contributed by atoms with Gasteiger partial charge in [0.25, 0.3) is 0 Å². The Balaban J connectivity index is 1.82. The summed E-state index contributed by atoms with van der Waals surface area (Å²) in [6.45, 7) is 0.319. The van der Waals surface area contributed by atoms with Crippen LogP contribution in [-0.4, -0.2) is 25.7 Å². The molecule has 0 saturated carbocycles. The van der Waals surface area contributed by atoms with Crippen molar-refractivity contribution in [3.8, 4) is 0 Å². The van der Waals surface area contributed by atoms with E-state index in [1.54, 1.807) is 23.4 Å². The lowest BCUT2D eigenvalue weighted by atomic mass is 10.3. The minimum atomic E-state index is -0.122. The number of carbonyl (C=O) groups is 1. The molecule has 0 aliphatic carbocycles. The number of hydrogen-bond donors (Lipinski definition) is 2. The first-order valence-electron chi connectivity index (χ1n) is 4.94. The minimum absolute atomic E-state index is 0.122. The summed E-state index contributed by atoms with van der Waals surface area (Å²) in [6, 6.07) is 0. The van der Waals surface area contributed by atoms with Crippen LogP contribution in [0.2, 0.25) is 0 Å². The molecule has 3 N–H and O–H groups in total. The number of anilines is 1. The highest BCUT2D eigenvalue weighted by atomic mass is 32.1. The third-order valence-electron chi connectivity index (χ3n) is 2.00. The molecule has 0 aliphatic heterocycles. The molecule has 0 radical (unpaired) electrons. The van der Waals surface area contributed by atoms with Crippen LogP contribution in [0, 0.1) is 0 Å². The van der Waals surface area contributed by atoms with Crippen LogP contribution in [0.4, 0.5) is 5.13 Å². The van der Waals surface area contributed by atoms with Gasteiger partial charge >= 0.3 is 0 Å².